The Morgan fingerprint density at radius 3 is 2.83 bits per heavy atom. The second-order valence-corrected chi connectivity index (χ2v) is 4.13. The summed E-state index contributed by atoms with van der Waals surface area (Å²) in [6.07, 6.45) is 0.669. The number of hydrogen-bond donors (Lipinski definition) is 0. The Labute approximate surface area is 108 Å². The van der Waals surface area contributed by atoms with Gasteiger partial charge in [0, 0.05) is 13.1 Å². The van der Waals surface area contributed by atoms with Gasteiger partial charge in [0.15, 0.2) is 6.29 Å². The standard InChI is InChI=1S/C12H10ClFN2O2/c1-7-9(6-17)12(16(2)15-7)18-8-3-4-11(14)10(13)5-8/h3-6H,1-2H3. The second-order valence-electron chi connectivity index (χ2n) is 3.72. The molecule has 0 aliphatic heterocycles. The Morgan fingerprint density at radius 2 is 2.22 bits per heavy atom. The molecule has 2 rings (SSSR count). The van der Waals surface area contributed by atoms with Gasteiger partial charge in [0.05, 0.1) is 16.3 Å². The fourth-order valence-electron chi connectivity index (χ4n) is 1.56. The summed E-state index contributed by atoms with van der Waals surface area (Å²) in [4.78, 5) is 11.0. The van der Waals surface area contributed by atoms with E-state index in [-0.39, 0.29) is 5.02 Å². The molecule has 0 amide bonds. The molecule has 4 nitrogen and oxygen atoms in total. The average molecular weight is 269 g/mol. The Balaban J connectivity index is 2.39. The lowest BCUT2D eigenvalue weighted by Crippen LogP contribution is -1.97. The van der Waals surface area contributed by atoms with Gasteiger partial charge in [-0.25, -0.2) is 9.07 Å². The van der Waals surface area contributed by atoms with Gasteiger partial charge in [-0.15, -0.1) is 0 Å². The summed E-state index contributed by atoms with van der Waals surface area (Å²) in [6, 6.07) is 3.97. The Morgan fingerprint density at radius 1 is 1.50 bits per heavy atom. The van der Waals surface area contributed by atoms with Crippen LogP contribution in [0.15, 0.2) is 18.2 Å². The summed E-state index contributed by atoms with van der Waals surface area (Å²) in [5, 5.41) is 4.03. The summed E-state index contributed by atoms with van der Waals surface area (Å²) in [5.41, 5.74) is 0.925. The quantitative estimate of drug-likeness (QED) is 0.804. The highest BCUT2D eigenvalue weighted by Gasteiger charge is 2.15. The normalized spacial score (nSPS) is 10.4. The molecule has 2 aromatic rings. The van der Waals surface area contributed by atoms with Crippen molar-refractivity contribution in [3.63, 3.8) is 0 Å². The molecule has 0 N–H and O–H groups in total. The number of hydrogen-bond acceptors (Lipinski definition) is 3. The van der Waals surface area contributed by atoms with E-state index in [9.17, 15) is 9.18 Å². The van der Waals surface area contributed by atoms with E-state index in [1.54, 1.807) is 14.0 Å². The number of benzene rings is 1. The third-order valence-corrected chi connectivity index (χ3v) is 2.73. The van der Waals surface area contributed by atoms with Crippen LogP contribution in [0.4, 0.5) is 4.39 Å². The van der Waals surface area contributed by atoms with E-state index in [4.69, 9.17) is 16.3 Å². The van der Waals surface area contributed by atoms with Crippen molar-refractivity contribution >= 4 is 17.9 Å². The van der Waals surface area contributed by atoms with E-state index >= 15 is 0 Å². The number of halogens is 2. The molecule has 0 radical (unpaired) electrons. The SMILES string of the molecule is Cc1nn(C)c(Oc2ccc(F)c(Cl)c2)c1C=O. The molecule has 0 bridgehead atoms. The van der Waals surface area contributed by atoms with Gasteiger partial charge in [-0.1, -0.05) is 11.6 Å². The summed E-state index contributed by atoms with van der Waals surface area (Å²) >= 11 is 5.65. The largest absolute Gasteiger partial charge is 0.438 e. The lowest BCUT2D eigenvalue weighted by atomic mass is 10.3. The molecule has 1 aromatic carbocycles. The van der Waals surface area contributed by atoms with Crippen molar-refractivity contribution in [1.29, 1.82) is 0 Å². The van der Waals surface area contributed by atoms with Crippen LogP contribution < -0.4 is 4.74 Å². The van der Waals surface area contributed by atoms with Crippen LogP contribution in [0.2, 0.25) is 5.02 Å². The summed E-state index contributed by atoms with van der Waals surface area (Å²) < 4.78 is 20.0. The van der Waals surface area contributed by atoms with Crippen molar-refractivity contribution < 1.29 is 13.9 Å². The van der Waals surface area contributed by atoms with Crippen LogP contribution in [0.3, 0.4) is 0 Å². The molecule has 0 aliphatic carbocycles. The van der Waals surface area contributed by atoms with Crippen molar-refractivity contribution in [2.45, 2.75) is 6.92 Å². The molecule has 94 valence electrons. The molecule has 0 saturated heterocycles. The van der Waals surface area contributed by atoms with Crippen LogP contribution in [0.5, 0.6) is 11.6 Å². The maximum Gasteiger partial charge on any atom is 0.228 e. The zero-order chi connectivity index (χ0) is 13.3. The van der Waals surface area contributed by atoms with Gasteiger partial charge in [-0.05, 0) is 19.1 Å². The average Bonchev–Trinajstić information content (AvgIpc) is 2.58. The first-order valence-electron chi connectivity index (χ1n) is 5.14. The van der Waals surface area contributed by atoms with Crippen molar-refractivity contribution in [2.24, 2.45) is 7.05 Å². The van der Waals surface area contributed by atoms with Crippen LogP contribution in [0.25, 0.3) is 0 Å². The number of nitrogens with zero attached hydrogens (tertiary/aromatic N) is 2. The minimum atomic E-state index is -0.527. The minimum absolute atomic E-state index is 0.0426. The highest BCUT2D eigenvalue weighted by Crippen LogP contribution is 2.28. The first kappa shape index (κ1) is 12.6. The van der Waals surface area contributed by atoms with Gasteiger partial charge in [0.1, 0.15) is 11.6 Å². The van der Waals surface area contributed by atoms with Crippen LogP contribution >= 0.6 is 11.6 Å². The predicted octanol–water partition coefficient (Wildman–Crippen LogP) is 3.13. The van der Waals surface area contributed by atoms with Crippen LogP contribution in [-0.4, -0.2) is 16.1 Å². The molecule has 18 heavy (non-hydrogen) atoms. The van der Waals surface area contributed by atoms with Gasteiger partial charge in [-0.3, -0.25) is 4.79 Å². The molecule has 0 spiro atoms. The molecular weight excluding hydrogens is 259 g/mol. The zero-order valence-corrected chi connectivity index (χ0v) is 10.5. The molecule has 0 fully saturated rings. The maximum atomic E-state index is 13.0. The van der Waals surface area contributed by atoms with E-state index in [2.05, 4.69) is 5.10 Å². The van der Waals surface area contributed by atoms with Gasteiger partial charge in [0.25, 0.3) is 0 Å². The lowest BCUT2D eigenvalue weighted by molar-refractivity contribution is 0.112. The smallest absolute Gasteiger partial charge is 0.228 e. The van der Waals surface area contributed by atoms with Crippen molar-refractivity contribution in [3.05, 3.63) is 40.3 Å². The molecular formula is C12H10ClFN2O2. The Bertz CT molecular complexity index is 610. The third-order valence-electron chi connectivity index (χ3n) is 2.44. The minimum Gasteiger partial charge on any atom is -0.438 e. The number of aryl methyl sites for hydroxylation is 2. The fraction of sp³-hybridized carbons (Fsp3) is 0.167. The van der Waals surface area contributed by atoms with Crippen LogP contribution in [-0.2, 0) is 7.05 Å². The number of carbonyl (C=O) groups excluding carboxylic acids is 1. The first-order chi connectivity index (χ1) is 8.52. The molecule has 0 unspecified atom stereocenters. The molecule has 6 heteroatoms. The highest BCUT2D eigenvalue weighted by molar-refractivity contribution is 6.30. The summed E-state index contributed by atoms with van der Waals surface area (Å²) in [7, 11) is 1.65. The molecule has 0 aliphatic rings. The van der Waals surface area contributed by atoms with E-state index in [1.165, 1.54) is 22.9 Å². The van der Waals surface area contributed by atoms with Crippen molar-refractivity contribution in [3.8, 4) is 11.6 Å². The number of aromatic nitrogens is 2. The van der Waals surface area contributed by atoms with Crippen LogP contribution in [0, 0.1) is 12.7 Å². The third kappa shape index (κ3) is 2.22. The molecule has 0 atom stereocenters. The van der Waals surface area contributed by atoms with Crippen LogP contribution in [0.1, 0.15) is 16.1 Å². The van der Waals surface area contributed by atoms with Gasteiger partial charge in [0.2, 0.25) is 5.88 Å². The number of rotatable bonds is 3. The molecule has 1 heterocycles. The summed E-state index contributed by atoms with van der Waals surface area (Å²) in [5.74, 6) is 0.110. The highest BCUT2D eigenvalue weighted by atomic mass is 35.5. The summed E-state index contributed by atoms with van der Waals surface area (Å²) in [6.45, 7) is 1.70. The zero-order valence-electron chi connectivity index (χ0n) is 9.78. The maximum absolute atomic E-state index is 13.0. The predicted molar refractivity (Wildman–Crippen MR) is 64.8 cm³/mol. The number of carbonyl (C=O) groups is 1. The second kappa shape index (κ2) is 4.78. The first-order valence-corrected chi connectivity index (χ1v) is 5.52. The van der Waals surface area contributed by atoms with E-state index in [0.717, 1.165) is 0 Å². The molecule has 0 saturated carbocycles. The number of aldehydes is 1. The number of ether oxygens (including phenoxy) is 1. The fourth-order valence-corrected chi connectivity index (χ4v) is 1.73. The van der Waals surface area contributed by atoms with Crippen molar-refractivity contribution in [2.75, 3.05) is 0 Å². The van der Waals surface area contributed by atoms with Gasteiger partial charge in [-0.2, -0.15) is 5.10 Å². The Hall–Kier alpha value is -1.88. The van der Waals surface area contributed by atoms with E-state index in [1.807, 2.05) is 0 Å². The molecule has 1 aromatic heterocycles. The van der Waals surface area contributed by atoms with Crippen molar-refractivity contribution in [1.82, 2.24) is 9.78 Å². The van der Waals surface area contributed by atoms with E-state index in [0.29, 0.717) is 29.2 Å². The van der Waals surface area contributed by atoms with Gasteiger partial charge >= 0.3 is 0 Å². The monoisotopic (exact) mass is 268 g/mol. The van der Waals surface area contributed by atoms with Gasteiger partial charge < -0.3 is 4.74 Å². The topological polar surface area (TPSA) is 44.1 Å². The van der Waals surface area contributed by atoms with E-state index < -0.39 is 5.82 Å². The lowest BCUT2D eigenvalue weighted by Gasteiger charge is -2.07. The Kier molecular flexibility index (Phi) is 3.34.